The van der Waals surface area contributed by atoms with Gasteiger partial charge in [-0.3, -0.25) is 0 Å². The Morgan fingerprint density at radius 1 is 0.917 bits per heavy atom. The van der Waals surface area contributed by atoms with Crippen molar-refractivity contribution < 1.29 is 0 Å². The number of nitrogens with one attached hydrogen (secondary N) is 1. The van der Waals surface area contributed by atoms with Crippen LogP contribution in [-0.4, -0.2) is 12.6 Å². The lowest BCUT2D eigenvalue weighted by Crippen LogP contribution is -2.29. The summed E-state index contributed by atoms with van der Waals surface area (Å²) < 4.78 is 0. The van der Waals surface area contributed by atoms with Gasteiger partial charge in [0.1, 0.15) is 0 Å². The van der Waals surface area contributed by atoms with Crippen LogP contribution in [0, 0.1) is 0 Å². The van der Waals surface area contributed by atoms with Gasteiger partial charge in [-0.1, -0.05) is 40.0 Å². The van der Waals surface area contributed by atoms with Gasteiger partial charge >= 0.3 is 0 Å². The molecule has 0 aliphatic heterocycles. The van der Waals surface area contributed by atoms with E-state index in [0.29, 0.717) is 0 Å². The van der Waals surface area contributed by atoms with E-state index in [2.05, 4.69) is 26.1 Å². The third kappa shape index (κ3) is 6.66. The number of unbranched alkanes of at least 4 members (excludes halogenated alkanes) is 1. The number of rotatable bonds is 8. The fraction of sp³-hybridized carbons (Fsp3) is 1.00. The highest BCUT2D eigenvalue weighted by Crippen LogP contribution is 2.06. The fourth-order valence-electron chi connectivity index (χ4n) is 1.50. The van der Waals surface area contributed by atoms with Crippen molar-refractivity contribution in [3.05, 3.63) is 0 Å². The maximum atomic E-state index is 3.61. The molecule has 1 atom stereocenters. The predicted molar refractivity (Wildman–Crippen MR) is 56.5 cm³/mol. The SMILES string of the molecule is CCCC[C@@H](CCC)NCCC. The van der Waals surface area contributed by atoms with E-state index in [1.165, 1.54) is 45.1 Å². The van der Waals surface area contributed by atoms with Gasteiger partial charge in [-0.15, -0.1) is 0 Å². The molecular formula is C11H25N. The van der Waals surface area contributed by atoms with Crippen molar-refractivity contribution in [1.82, 2.24) is 5.32 Å². The zero-order valence-corrected chi connectivity index (χ0v) is 9.03. The second-order valence-corrected chi connectivity index (χ2v) is 3.58. The number of hydrogen-bond acceptors (Lipinski definition) is 1. The van der Waals surface area contributed by atoms with Gasteiger partial charge in [0.25, 0.3) is 0 Å². The standard InChI is InChI=1S/C11H25N/c1-4-7-9-11(8-5-2)12-10-6-3/h11-12H,4-10H2,1-3H3/t11-/m1/s1. The van der Waals surface area contributed by atoms with Crippen LogP contribution in [0.2, 0.25) is 0 Å². The predicted octanol–water partition coefficient (Wildman–Crippen LogP) is 3.34. The Kier molecular flexibility index (Phi) is 9.02. The van der Waals surface area contributed by atoms with Crippen LogP contribution in [0.15, 0.2) is 0 Å². The van der Waals surface area contributed by atoms with Crippen LogP contribution in [0.4, 0.5) is 0 Å². The van der Waals surface area contributed by atoms with E-state index in [1.54, 1.807) is 0 Å². The van der Waals surface area contributed by atoms with Gasteiger partial charge in [-0.2, -0.15) is 0 Å². The zero-order valence-electron chi connectivity index (χ0n) is 9.03. The Hall–Kier alpha value is -0.0400. The normalized spacial score (nSPS) is 13.2. The summed E-state index contributed by atoms with van der Waals surface area (Å²) in [7, 11) is 0. The molecule has 0 unspecified atom stereocenters. The van der Waals surface area contributed by atoms with Crippen LogP contribution in [0.25, 0.3) is 0 Å². The van der Waals surface area contributed by atoms with Gasteiger partial charge in [0, 0.05) is 6.04 Å². The smallest absolute Gasteiger partial charge is 0.00669 e. The molecule has 0 fully saturated rings. The Morgan fingerprint density at radius 3 is 2.17 bits per heavy atom. The Bertz CT molecular complexity index is 73.1. The van der Waals surface area contributed by atoms with E-state index in [0.717, 1.165) is 6.04 Å². The van der Waals surface area contributed by atoms with E-state index in [1.807, 2.05) is 0 Å². The van der Waals surface area contributed by atoms with Gasteiger partial charge in [-0.25, -0.2) is 0 Å². The van der Waals surface area contributed by atoms with Crippen molar-refractivity contribution in [3.8, 4) is 0 Å². The Morgan fingerprint density at radius 2 is 1.67 bits per heavy atom. The van der Waals surface area contributed by atoms with Gasteiger partial charge < -0.3 is 5.32 Å². The molecule has 0 radical (unpaired) electrons. The minimum absolute atomic E-state index is 0.787. The minimum atomic E-state index is 0.787. The first-order chi connectivity index (χ1) is 5.85. The minimum Gasteiger partial charge on any atom is -0.314 e. The summed E-state index contributed by atoms with van der Waals surface area (Å²) in [6.45, 7) is 7.96. The highest BCUT2D eigenvalue weighted by molar-refractivity contribution is 4.65. The molecule has 0 amide bonds. The molecule has 0 bridgehead atoms. The van der Waals surface area contributed by atoms with Crippen LogP contribution >= 0.6 is 0 Å². The first-order valence-corrected chi connectivity index (χ1v) is 5.58. The molecule has 0 aromatic heterocycles. The third-order valence-corrected chi connectivity index (χ3v) is 2.23. The van der Waals surface area contributed by atoms with Crippen LogP contribution in [0.1, 0.15) is 59.3 Å². The first-order valence-electron chi connectivity index (χ1n) is 5.58. The molecule has 12 heavy (non-hydrogen) atoms. The first kappa shape index (κ1) is 12.0. The van der Waals surface area contributed by atoms with E-state index in [4.69, 9.17) is 0 Å². The summed E-state index contributed by atoms with van der Waals surface area (Å²) in [5, 5.41) is 3.61. The average molecular weight is 171 g/mol. The van der Waals surface area contributed by atoms with Crippen molar-refractivity contribution >= 4 is 0 Å². The summed E-state index contributed by atoms with van der Waals surface area (Å²) in [5.41, 5.74) is 0. The molecule has 1 heteroatoms. The van der Waals surface area contributed by atoms with Crippen molar-refractivity contribution in [2.45, 2.75) is 65.3 Å². The van der Waals surface area contributed by atoms with E-state index in [9.17, 15) is 0 Å². The Balaban J connectivity index is 3.40. The quantitative estimate of drug-likeness (QED) is 0.590. The van der Waals surface area contributed by atoms with E-state index in [-0.39, 0.29) is 0 Å². The molecule has 0 rings (SSSR count). The molecule has 0 spiro atoms. The average Bonchev–Trinajstić information content (AvgIpc) is 2.10. The molecule has 0 aliphatic carbocycles. The largest absolute Gasteiger partial charge is 0.314 e. The summed E-state index contributed by atoms with van der Waals surface area (Å²) in [6, 6.07) is 0.787. The lowest BCUT2D eigenvalue weighted by Gasteiger charge is -2.16. The molecule has 0 aromatic rings. The molecule has 0 saturated carbocycles. The molecule has 0 saturated heterocycles. The zero-order chi connectivity index (χ0) is 9.23. The van der Waals surface area contributed by atoms with Gasteiger partial charge in [0.2, 0.25) is 0 Å². The third-order valence-electron chi connectivity index (χ3n) is 2.23. The van der Waals surface area contributed by atoms with Gasteiger partial charge in [0.05, 0.1) is 0 Å². The maximum Gasteiger partial charge on any atom is 0.00669 e. The van der Waals surface area contributed by atoms with Crippen molar-refractivity contribution in [2.24, 2.45) is 0 Å². The second-order valence-electron chi connectivity index (χ2n) is 3.58. The van der Waals surface area contributed by atoms with E-state index >= 15 is 0 Å². The highest BCUT2D eigenvalue weighted by Gasteiger charge is 2.04. The van der Waals surface area contributed by atoms with Crippen LogP contribution in [0.3, 0.4) is 0 Å². The van der Waals surface area contributed by atoms with E-state index < -0.39 is 0 Å². The summed E-state index contributed by atoms with van der Waals surface area (Å²) in [6.07, 6.45) is 7.98. The van der Waals surface area contributed by atoms with Crippen molar-refractivity contribution in [3.63, 3.8) is 0 Å². The maximum absolute atomic E-state index is 3.61. The van der Waals surface area contributed by atoms with Crippen molar-refractivity contribution in [2.75, 3.05) is 6.54 Å². The summed E-state index contributed by atoms with van der Waals surface area (Å²) in [4.78, 5) is 0. The molecule has 0 aromatic carbocycles. The van der Waals surface area contributed by atoms with Crippen LogP contribution < -0.4 is 5.32 Å². The van der Waals surface area contributed by atoms with Crippen LogP contribution in [0.5, 0.6) is 0 Å². The summed E-state index contributed by atoms with van der Waals surface area (Å²) in [5.74, 6) is 0. The monoisotopic (exact) mass is 171 g/mol. The van der Waals surface area contributed by atoms with Crippen LogP contribution in [-0.2, 0) is 0 Å². The topological polar surface area (TPSA) is 12.0 Å². The molecule has 74 valence electrons. The fourth-order valence-corrected chi connectivity index (χ4v) is 1.50. The molecule has 1 N–H and O–H groups in total. The molecule has 0 heterocycles. The van der Waals surface area contributed by atoms with Crippen molar-refractivity contribution in [1.29, 1.82) is 0 Å². The summed E-state index contributed by atoms with van der Waals surface area (Å²) >= 11 is 0. The molecule has 0 aliphatic rings. The highest BCUT2D eigenvalue weighted by atomic mass is 14.9. The molecule has 1 nitrogen and oxygen atoms in total. The molecular weight excluding hydrogens is 146 g/mol. The second kappa shape index (κ2) is 9.05. The van der Waals surface area contributed by atoms with Gasteiger partial charge in [0.15, 0.2) is 0 Å². The lowest BCUT2D eigenvalue weighted by molar-refractivity contribution is 0.436. The Labute approximate surface area is 77.9 Å². The van der Waals surface area contributed by atoms with Gasteiger partial charge in [-0.05, 0) is 25.8 Å². The lowest BCUT2D eigenvalue weighted by atomic mass is 10.1. The number of hydrogen-bond donors (Lipinski definition) is 1.